The number of nitrogens with zero attached hydrogens (tertiary/aromatic N) is 1. The Labute approximate surface area is 105 Å². The van der Waals surface area contributed by atoms with Crippen molar-refractivity contribution >= 4 is 23.3 Å². The molecule has 1 aromatic carbocycles. The maximum atomic E-state index is 11.5. The van der Waals surface area contributed by atoms with Crippen molar-refractivity contribution in [1.29, 1.82) is 0 Å². The molecule has 96 valence electrons. The Bertz CT molecular complexity index is 485. The highest BCUT2D eigenvalue weighted by Crippen LogP contribution is 2.29. The Kier molecular flexibility index (Phi) is 3.50. The molecule has 1 heterocycles. The van der Waals surface area contributed by atoms with Crippen LogP contribution in [0.15, 0.2) is 18.2 Å². The summed E-state index contributed by atoms with van der Waals surface area (Å²) in [5, 5.41) is 11.6. The average Bonchev–Trinajstić information content (AvgIpc) is 2.33. The minimum absolute atomic E-state index is 0.0927. The summed E-state index contributed by atoms with van der Waals surface area (Å²) in [6.07, 6.45) is 1.37. The maximum Gasteiger partial charge on any atom is 0.305 e. The van der Waals surface area contributed by atoms with E-state index in [4.69, 9.17) is 5.11 Å². The molecule has 0 saturated heterocycles. The van der Waals surface area contributed by atoms with Crippen molar-refractivity contribution in [3.8, 4) is 0 Å². The molecule has 0 bridgehead atoms. The van der Waals surface area contributed by atoms with E-state index >= 15 is 0 Å². The number of amides is 1. The molecule has 5 heteroatoms. The lowest BCUT2D eigenvalue weighted by Crippen LogP contribution is -2.31. The van der Waals surface area contributed by atoms with Crippen molar-refractivity contribution < 1.29 is 14.7 Å². The highest BCUT2D eigenvalue weighted by Gasteiger charge is 2.20. The van der Waals surface area contributed by atoms with Crippen LogP contribution in [0.4, 0.5) is 11.4 Å². The zero-order valence-electron chi connectivity index (χ0n) is 10.3. The van der Waals surface area contributed by atoms with Gasteiger partial charge in [0, 0.05) is 31.4 Å². The SMILES string of the molecule is CN1C(=O)CCc2cc(NCCC(=O)O)ccc21. The molecule has 0 atom stereocenters. The molecule has 2 rings (SSSR count). The molecule has 0 unspecified atom stereocenters. The highest BCUT2D eigenvalue weighted by atomic mass is 16.4. The average molecular weight is 248 g/mol. The zero-order chi connectivity index (χ0) is 13.1. The number of hydrogen-bond donors (Lipinski definition) is 2. The van der Waals surface area contributed by atoms with Crippen LogP contribution in [0.1, 0.15) is 18.4 Å². The molecule has 0 radical (unpaired) electrons. The molecule has 1 amide bonds. The molecule has 1 aliphatic rings. The number of carboxylic acids is 1. The lowest BCUT2D eigenvalue weighted by molar-refractivity contribution is -0.136. The first kappa shape index (κ1) is 12.4. The predicted octanol–water partition coefficient (Wildman–Crippen LogP) is 1.48. The fraction of sp³-hybridized carbons (Fsp3) is 0.385. The van der Waals surface area contributed by atoms with Gasteiger partial charge in [-0.05, 0) is 30.2 Å². The molecule has 18 heavy (non-hydrogen) atoms. The van der Waals surface area contributed by atoms with E-state index in [0.717, 1.165) is 23.4 Å². The second kappa shape index (κ2) is 5.08. The number of rotatable bonds is 4. The Morgan fingerprint density at radius 3 is 2.94 bits per heavy atom. The van der Waals surface area contributed by atoms with E-state index in [9.17, 15) is 9.59 Å². The number of carbonyl (C=O) groups is 2. The van der Waals surface area contributed by atoms with Gasteiger partial charge < -0.3 is 15.3 Å². The molecule has 5 nitrogen and oxygen atoms in total. The molecule has 2 N–H and O–H groups in total. The standard InChI is InChI=1S/C13H16N2O3/c1-15-11-4-3-10(14-7-6-13(17)18)8-9(11)2-5-12(15)16/h3-4,8,14H,2,5-7H2,1H3,(H,17,18). The van der Waals surface area contributed by atoms with Gasteiger partial charge in [-0.15, -0.1) is 0 Å². The second-order valence-electron chi connectivity index (χ2n) is 4.37. The van der Waals surface area contributed by atoms with Crippen LogP contribution in [-0.2, 0) is 16.0 Å². The molecule has 1 aliphatic heterocycles. The van der Waals surface area contributed by atoms with Crippen LogP contribution in [0.5, 0.6) is 0 Å². The third kappa shape index (κ3) is 2.61. The number of carboxylic acid groups (broad SMARTS) is 1. The van der Waals surface area contributed by atoms with Gasteiger partial charge in [0.2, 0.25) is 5.91 Å². The van der Waals surface area contributed by atoms with Gasteiger partial charge >= 0.3 is 5.97 Å². The van der Waals surface area contributed by atoms with Crippen molar-refractivity contribution in [2.24, 2.45) is 0 Å². The van der Waals surface area contributed by atoms with Crippen molar-refractivity contribution in [3.63, 3.8) is 0 Å². The quantitative estimate of drug-likeness (QED) is 0.846. The monoisotopic (exact) mass is 248 g/mol. The van der Waals surface area contributed by atoms with Crippen LogP contribution in [0.2, 0.25) is 0 Å². The minimum Gasteiger partial charge on any atom is -0.481 e. The summed E-state index contributed by atoms with van der Waals surface area (Å²) in [5.41, 5.74) is 2.96. The van der Waals surface area contributed by atoms with Gasteiger partial charge in [-0.3, -0.25) is 9.59 Å². The van der Waals surface area contributed by atoms with E-state index in [-0.39, 0.29) is 12.3 Å². The van der Waals surface area contributed by atoms with Gasteiger partial charge in [-0.1, -0.05) is 0 Å². The number of anilines is 2. The first-order chi connectivity index (χ1) is 8.58. The molecular weight excluding hydrogens is 232 g/mol. The van der Waals surface area contributed by atoms with Crippen molar-refractivity contribution in [3.05, 3.63) is 23.8 Å². The number of benzene rings is 1. The number of aliphatic carboxylic acids is 1. The van der Waals surface area contributed by atoms with Crippen LogP contribution in [0.3, 0.4) is 0 Å². The smallest absolute Gasteiger partial charge is 0.305 e. The van der Waals surface area contributed by atoms with Gasteiger partial charge in [0.1, 0.15) is 0 Å². The zero-order valence-corrected chi connectivity index (χ0v) is 10.3. The van der Waals surface area contributed by atoms with Crippen molar-refractivity contribution in [2.75, 3.05) is 23.8 Å². The molecule has 1 aromatic rings. The fourth-order valence-corrected chi connectivity index (χ4v) is 2.08. The van der Waals surface area contributed by atoms with E-state index in [2.05, 4.69) is 5.32 Å². The summed E-state index contributed by atoms with van der Waals surface area (Å²) < 4.78 is 0. The lowest BCUT2D eigenvalue weighted by atomic mass is 10.0. The van der Waals surface area contributed by atoms with Gasteiger partial charge in [-0.25, -0.2) is 0 Å². The predicted molar refractivity (Wildman–Crippen MR) is 68.9 cm³/mol. The molecular formula is C13H16N2O3. The third-order valence-electron chi connectivity index (χ3n) is 3.09. The number of fused-ring (bicyclic) bond motifs is 1. The Hall–Kier alpha value is -2.04. The van der Waals surface area contributed by atoms with Gasteiger partial charge in [-0.2, -0.15) is 0 Å². The number of hydrogen-bond acceptors (Lipinski definition) is 3. The van der Waals surface area contributed by atoms with Crippen LogP contribution < -0.4 is 10.2 Å². The lowest BCUT2D eigenvalue weighted by Gasteiger charge is -2.26. The van der Waals surface area contributed by atoms with Crippen molar-refractivity contribution in [1.82, 2.24) is 0 Å². The summed E-state index contributed by atoms with van der Waals surface area (Å²) >= 11 is 0. The summed E-state index contributed by atoms with van der Waals surface area (Å²) in [4.78, 5) is 23.6. The van der Waals surface area contributed by atoms with Crippen LogP contribution in [0, 0.1) is 0 Å². The fourth-order valence-electron chi connectivity index (χ4n) is 2.08. The van der Waals surface area contributed by atoms with Crippen LogP contribution in [0.25, 0.3) is 0 Å². The Morgan fingerprint density at radius 2 is 2.22 bits per heavy atom. The molecule has 0 saturated carbocycles. The third-order valence-corrected chi connectivity index (χ3v) is 3.09. The van der Waals surface area contributed by atoms with Gasteiger partial charge in [0.05, 0.1) is 6.42 Å². The molecule has 0 aliphatic carbocycles. The topological polar surface area (TPSA) is 69.6 Å². The van der Waals surface area contributed by atoms with Crippen LogP contribution in [-0.4, -0.2) is 30.6 Å². The van der Waals surface area contributed by atoms with E-state index < -0.39 is 5.97 Å². The highest BCUT2D eigenvalue weighted by molar-refractivity contribution is 5.96. The first-order valence-corrected chi connectivity index (χ1v) is 5.93. The van der Waals surface area contributed by atoms with Gasteiger partial charge in [0.15, 0.2) is 0 Å². The summed E-state index contributed by atoms with van der Waals surface area (Å²) in [5.74, 6) is -0.681. The molecule has 0 aromatic heterocycles. The second-order valence-corrected chi connectivity index (χ2v) is 4.37. The summed E-state index contributed by atoms with van der Waals surface area (Å²) in [6, 6.07) is 5.76. The minimum atomic E-state index is -0.814. The molecule has 0 spiro atoms. The van der Waals surface area contributed by atoms with E-state index in [1.54, 1.807) is 11.9 Å². The molecule has 0 fully saturated rings. The van der Waals surface area contributed by atoms with Crippen molar-refractivity contribution in [2.45, 2.75) is 19.3 Å². The summed E-state index contributed by atoms with van der Waals surface area (Å²) in [6.45, 7) is 0.406. The van der Waals surface area contributed by atoms with E-state index in [1.165, 1.54) is 0 Å². The Morgan fingerprint density at radius 1 is 1.44 bits per heavy atom. The van der Waals surface area contributed by atoms with Crippen LogP contribution >= 0.6 is 0 Å². The van der Waals surface area contributed by atoms with E-state index in [0.29, 0.717) is 13.0 Å². The first-order valence-electron chi connectivity index (χ1n) is 5.93. The normalized spacial score (nSPS) is 14.3. The largest absolute Gasteiger partial charge is 0.481 e. The number of aryl methyl sites for hydroxylation is 1. The number of nitrogens with one attached hydrogen (secondary N) is 1. The Balaban J connectivity index is 2.08. The number of carbonyl (C=O) groups excluding carboxylic acids is 1. The van der Waals surface area contributed by atoms with E-state index in [1.807, 2.05) is 18.2 Å². The summed E-state index contributed by atoms with van der Waals surface area (Å²) in [7, 11) is 1.78. The maximum absolute atomic E-state index is 11.5. The van der Waals surface area contributed by atoms with Gasteiger partial charge in [0.25, 0.3) is 0 Å².